The molecule has 1 amide bonds. The minimum absolute atomic E-state index is 0.0618. The molecule has 172 valence electrons. The number of halogens is 1. The summed E-state index contributed by atoms with van der Waals surface area (Å²) in [6.07, 6.45) is 3.87. The van der Waals surface area contributed by atoms with Gasteiger partial charge in [-0.25, -0.2) is 9.97 Å². The largest absolute Gasteiger partial charge is 0.353 e. The van der Waals surface area contributed by atoms with Crippen LogP contribution in [0, 0.1) is 0 Å². The van der Waals surface area contributed by atoms with Crippen molar-refractivity contribution in [3.05, 3.63) is 52.4 Å². The summed E-state index contributed by atoms with van der Waals surface area (Å²) < 4.78 is 0. The van der Waals surface area contributed by atoms with E-state index >= 15 is 0 Å². The molecule has 0 radical (unpaired) electrons. The van der Waals surface area contributed by atoms with Crippen molar-refractivity contribution in [3.63, 3.8) is 0 Å². The summed E-state index contributed by atoms with van der Waals surface area (Å²) in [5.41, 5.74) is 3.44. The number of piperazine rings is 1. The predicted molar refractivity (Wildman–Crippen MR) is 130 cm³/mol. The van der Waals surface area contributed by atoms with Gasteiger partial charge in [-0.3, -0.25) is 4.79 Å². The Morgan fingerprint density at radius 2 is 1.84 bits per heavy atom. The number of rotatable bonds is 5. The molecule has 1 aromatic heterocycles. The van der Waals surface area contributed by atoms with E-state index < -0.39 is 0 Å². The van der Waals surface area contributed by atoms with Gasteiger partial charge in [0.05, 0.1) is 5.92 Å². The maximum Gasteiger partial charge on any atom is 0.231 e. The van der Waals surface area contributed by atoms with Crippen molar-refractivity contribution < 1.29 is 4.79 Å². The molecule has 1 N–H and O–H groups in total. The van der Waals surface area contributed by atoms with E-state index in [2.05, 4.69) is 47.9 Å². The van der Waals surface area contributed by atoms with Gasteiger partial charge in [0.15, 0.2) is 0 Å². The lowest BCUT2D eigenvalue weighted by Crippen LogP contribution is -2.52. The van der Waals surface area contributed by atoms with Crippen molar-refractivity contribution in [2.75, 3.05) is 37.6 Å². The molecule has 2 aromatic rings. The number of nitrogens with one attached hydrogen (secondary N) is 1. The van der Waals surface area contributed by atoms with Crippen LogP contribution in [0.1, 0.15) is 62.8 Å². The first-order valence-electron chi connectivity index (χ1n) is 11.6. The number of hydrogen-bond donors (Lipinski definition) is 1. The summed E-state index contributed by atoms with van der Waals surface area (Å²) in [6, 6.07) is 7.67. The fraction of sp³-hybridized carbons (Fsp3) is 0.560. The topological polar surface area (TPSA) is 61.4 Å². The average Bonchev–Trinajstić information content (AvgIpc) is 3.15. The second-order valence-corrected chi connectivity index (χ2v) is 10.5. The van der Waals surface area contributed by atoms with Crippen molar-refractivity contribution in [1.82, 2.24) is 20.2 Å². The van der Waals surface area contributed by atoms with Gasteiger partial charge in [0.1, 0.15) is 12.1 Å². The normalized spacial score (nSPS) is 19.7. The van der Waals surface area contributed by atoms with Crippen LogP contribution < -0.4 is 10.2 Å². The summed E-state index contributed by atoms with van der Waals surface area (Å²) in [6.45, 7) is 12.2. The predicted octanol–water partition coefficient (Wildman–Crippen LogP) is 4.00. The van der Waals surface area contributed by atoms with Crippen LogP contribution in [-0.2, 0) is 11.2 Å². The van der Waals surface area contributed by atoms with E-state index in [4.69, 9.17) is 11.6 Å². The van der Waals surface area contributed by atoms with Crippen LogP contribution in [0.4, 0.5) is 5.82 Å². The Hall–Kier alpha value is -2.18. The molecule has 1 aromatic carbocycles. The molecule has 0 spiro atoms. The fourth-order valence-electron chi connectivity index (χ4n) is 4.69. The minimum Gasteiger partial charge on any atom is -0.353 e. The summed E-state index contributed by atoms with van der Waals surface area (Å²) >= 11 is 6.09. The van der Waals surface area contributed by atoms with Gasteiger partial charge in [-0.1, -0.05) is 30.7 Å². The van der Waals surface area contributed by atoms with Crippen molar-refractivity contribution >= 4 is 23.3 Å². The highest BCUT2D eigenvalue weighted by molar-refractivity contribution is 6.30. The highest BCUT2D eigenvalue weighted by Crippen LogP contribution is 2.37. The van der Waals surface area contributed by atoms with Gasteiger partial charge < -0.3 is 15.1 Å². The molecule has 1 aliphatic heterocycles. The zero-order chi connectivity index (χ0) is 22.9. The number of anilines is 1. The lowest BCUT2D eigenvalue weighted by molar-refractivity contribution is -0.133. The number of carbonyl (C=O) groups excluding carboxylic acids is 1. The van der Waals surface area contributed by atoms with Crippen molar-refractivity contribution in [3.8, 4) is 0 Å². The number of nitrogens with zero attached hydrogens (tertiary/aromatic N) is 4. The van der Waals surface area contributed by atoms with Gasteiger partial charge in [0, 0.05) is 54.5 Å². The maximum atomic E-state index is 13.6. The molecule has 6 nitrogen and oxygen atoms in total. The summed E-state index contributed by atoms with van der Waals surface area (Å²) in [7, 11) is 0. The van der Waals surface area contributed by atoms with Gasteiger partial charge in [-0.2, -0.15) is 0 Å². The van der Waals surface area contributed by atoms with Crippen LogP contribution in [0.15, 0.2) is 30.6 Å². The number of benzene rings is 1. The SMILES string of the molecule is C[C@@H]1CCc2ncnc(N3CCN(C(=O)C(CNC(C)(C)C)c4ccc(Cl)cc4)CC3)c21. The number of hydrogen-bond acceptors (Lipinski definition) is 5. The molecule has 0 saturated carbocycles. The fourth-order valence-corrected chi connectivity index (χ4v) is 4.81. The van der Waals surface area contributed by atoms with Crippen LogP contribution >= 0.6 is 11.6 Å². The van der Waals surface area contributed by atoms with Gasteiger partial charge in [-0.05, 0) is 57.2 Å². The number of aromatic nitrogens is 2. The molecule has 4 rings (SSSR count). The highest BCUT2D eigenvalue weighted by Gasteiger charge is 2.32. The number of carbonyl (C=O) groups is 1. The summed E-state index contributed by atoms with van der Waals surface area (Å²) in [5, 5.41) is 4.20. The van der Waals surface area contributed by atoms with E-state index in [1.165, 1.54) is 11.3 Å². The third kappa shape index (κ3) is 5.07. The van der Waals surface area contributed by atoms with Crippen molar-refractivity contribution in [2.24, 2.45) is 0 Å². The molecule has 1 fully saturated rings. The van der Waals surface area contributed by atoms with E-state index in [-0.39, 0.29) is 17.4 Å². The quantitative estimate of drug-likeness (QED) is 0.738. The zero-order valence-corrected chi connectivity index (χ0v) is 20.3. The maximum absolute atomic E-state index is 13.6. The Bertz CT molecular complexity index is 948. The second kappa shape index (κ2) is 9.36. The molecular weight excluding hydrogens is 422 g/mol. The molecule has 0 bridgehead atoms. The summed E-state index contributed by atoms with van der Waals surface area (Å²) in [4.78, 5) is 27.1. The smallest absolute Gasteiger partial charge is 0.231 e. The Morgan fingerprint density at radius 3 is 2.50 bits per heavy atom. The molecular formula is C25H34ClN5O. The van der Waals surface area contributed by atoms with Crippen LogP contribution in [0.5, 0.6) is 0 Å². The average molecular weight is 456 g/mol. The van der Waals surface area contributed by atoms with Crippen LogP contribution in [-0.4, -0.2) is 59.0 Å². The van der Waals surface area contributed by atoms with E-state index in [0.29, 0.717) is 30.6 Å². The monoisotopic (exact) mass is 455 g/mol. The van der Waals surface area contributed by atoms with E-state index in [1.807, 2.05) is 29.2 Å². The molecule has 32 heavy (non-hydrogen) atoms. The van der Waals surface area contributed by atoms with Crippen LogP contribution in [0.25, 0.3) is 0 Å². The Morgan fingerprint density at radius 1 is 1.16 bits per heavy atom. The number of aryl methyl sites for hydroxylation is 1. The highest BCUT2D eigenvalue weighted by atomic mass is 35.5. The van der Waals surface area contributed by atoms with Gasteiger partial charge in [0.25, 0.3) is 0 Å². The standard InChI is InChI=1S/C25H34ClN5O/c1-17-5-10-21-22(17)23(28-16-27-21)30-11-13-31(14-12-30)24(32)20(15-29-25(2,3)4)18-6-8-19(26)9-7-18/h6-9,16-17,20,29H,5,10-15H2,1-4H3/t17-,20?/m1/s1. The molecule has 1 saturated heterocycles. The third-order valence-corrected chi connectivity index (χ3v) is 6.80. The van der Waals surface area contributed by atoms with Crippen molar-refractivity contribution in [2.45, 2.75) is 57.9 Å². The first-order chi connectivity index (χ1) is 15.2. The van der Waals surface area contributed by atoms with E-state index in [9.17, 15) is 4.79 Å². The molecule has 2 atom stereocenters. The zero-order valence-electron chi connectivity index (χ0n) is 19.6. The number of amides is 1. The number of fused-ring (bicyclic) bond motifs is 1. The minimum atomic E-state index is -0.235. The molecule has 2 heterocycles. The Labute approximate surface area is 196 Å². The van der Waals surface area contributed by atoms with Gasteiger partial charge in [0.2, 0.25) is 5.91 Å². The molecule has 7 heteroatoms. The Balaban J connectivity index is 1.47. The van der Waals surface area contributed by atoms with Crippen LogP contribution in [0.3, 0.4) is 0 Å². The van der Waals surface area contributed by atoms with Gasteiger partial charge >= 0.3 is 0 Å². The van der Waals surface area contributed by atoms with Crippen LogP contribution in [0.2, 0.25) is 5.02 Å². The van der Waals surface area contributed by atoms with Gasteiger partial charge in [-0.15, -0.1) is 0 Å². The van der Waals surface area contributed by atoms with E-state index in [1.54, 1.807) is 6.33 Å². The Kier molecular flexibility index (Phi) is 6.72. The third-order valence-electron chi connectivity index (χ3n) is 6.55. The second-order valence-electron chi connectivity index (χ2n) is 10.0. The lowest BCUT2D eigenvalue weighted by atomic mass is 9.95. The molecule has 1 aliphatic carbocycles. The lowest BCUT2D eigenvalue weighted by Gasteiger charge is -2.38. The van der Waals surface area contributed by atoms with Crippen molar-refractivity contribution in [1.29, 1.82) is 0 Å². The summed E-state index contributed by atoms with van der Waals surface area (Å²) in [5.74, 6) is 1.50. The molecule has 2 aliphatic rings. The molecule has 1 unspecified atom stereocenters. The first-order valence-corrected chi connectivity index (χ1v) is 12.0. The first kappa shape index (κ1) is 23.0. The van der Waals surface area contributed by atoms with E-state index in [0.717, 1.165) is 37.3 Å².